The van der Waals surface area contributed by atoms with Crippen molar-refractivity contribution in [2.24, 2.45) is 5.73 Å². The molecular formula is C18H18N4O7S. The Hall–Kier alpha value is -3.64. The van der Waals surface area contributed by atoms with Crippen LogP contribution >= 0.6 is 11.9 Å². The third kappa shape index (κ3) is 6.18. The number of hydrogen-bond donors (Lipinski definition) is 5. The number of carboxylic acids is 1. The van der Waals surface area contributed by atoms with E-state index in [1.807, 2.05) is 0 Å². The van der Waals surface area contributed by atoms with Crippen LogP contribution in [0.25, 0.3) is 0 Å². The predicted octanol–water partition coefficient (Wildman–Crippen LogP) is 1.08. The van der Waals surface area contributed by atoms with Crippen molar-refractivity contribution in [2.45, 2.75) is 23.4 Å². The Morgan fingerprint density at radius 2 is 1.77 bits per heavy atom. The number of nitrogens with zero attached hydrogens (tertiary/aromatic N) is 1. The van der Waals surface area contributed by atoms with Crippen LogP contribution < -0.4 is 15.8 Å². The molecule has 0 radical (unpaired) electrons. The molecule has 0 saturated heterocycles. The van der Waals surface area contributed by atoms with Gasteiger partial charge in [-0.15, -0.1) is 0 Å². The van der Waals surface area contributed by atoms with E-state index in [-0.39, 0.29) is 21.9 Å². The maximum absolute atomic E-state index is 12.6. The smallest absolute Gasteiger partial charge is 0.330 e. The van der Waals surface area contributed by atoms with Gasteiger partial charge < -0.3 is 21.3 Å². The molecule has 2 aromatic carbocycles. The fourth-order valence-corrected chi connectivity index (χ4v) is 3.27. The number of phenolic OH excluding ortho intramolecular Hbond substituents is 1. The minimum absolute atomic E-state index is 0.0802. The number of nitro benzene ring substituents is 1. The summed E-state index contributed by atoms with van der Waals surface area (Å²) in [4.78, 5) is 46.3. The average molecular weight is 434 g/mol. The van der Waals surface area contributed by atoms with Crippen molar-refractivity contribution in [3.63, 3.8) is 0 Å². The average Bonchev–Trinajstić information content (AvgIpc) is 2.69. The van der Waals surface area contributed by atoms with Crippen molar-refractivity contribution in [3.05, 3.63) is 64.2 Å². The normalized spacial score (nSPS) is 12.5. The maximum atomic E-state index is 12.6. The van der Waals surface area contributed by atoms with E-state index < -0.39 is 41.2 Å². The summed E-state index contributed by atoms with van der Waals surface area (Å²) in [7, 11) is 0. The maximum Gasteiger partial charge on any atom is 0.330 e. The van der Waals surface area contributed by atoms with Crippen molar-refractivity contribution in [1.29, 1.82) is 0 Å². The molecule has 2 amide bonds. The topological polar surface area (TPSA) is 185 Å². The molecule has 2 unspecified atom stereocenters. The molecule has 0 fully saturated rings. The van der Waals surface area contributed by atoms with Gasteiger partial charge in [-0.1, -0.05) is 24.3 Å². The third-order valence-electron chi connectivity index (χ3n) is 3.85. The summed E-state index contributed by atoms with van der Waals surface area (Å²) < 4.78 is 2.63. The summed E-state index contributed by atoms with van der Waals surface area (Å²) >= 11 is 0.746. The first-order valence-corrected chi connectivity index (χ1v) is 9.27. The zero-order valence-electron chi connectivity index (χ0n) is 15.3. The molecule has 2 aromatic rings. The zero-order valence-corrected chi connectivity index (χ0v) is 16.2. The van der Waals surface area contributed by atoms with Gasteiger partial charge in [-0.3, -0.25) is 19.7 Å². The Kier molecular flexibility index (Phi) is 7.72. The summed E-state index contributed by atoms with van der Waals surface area (Å²) in [5.41, 5.74) is 5.16. The van der Waals surface area contributed by atoms with Gasteiger partial charge in [0.15, 0.2) is 6.04 Å². The minimum atomic E-state index is -1.45. The number of hydrogen-bond acceptors (Lipinski definition) is 8. The summed E-state index contributed by atoms with van der Waals surface area (Å²) in [5.74, 6) is -3.12. The summed E-state index contributed by atoms with van der Waals surface area (Å²) in [6.07, 6.45) is -0.471. The molecule has 12 heteroatoms. The zero-order chi connectivity index (χ0) is 22.3. The number of aliphatic carboxylic acids is 1. The molecule has 0 aliphatic rings. The molecule has 0 heterocycles. The number of nitrogens with two attached hydrogens (primary N) is 1. The number of benzene rings is 2. The Morgan fingerprint density at radius 1 is 1.13 bits per heavy atom. The molecule has 0 bridgehead atoms. The first-order chi connectivity index (χ1) is 14.2. The highest BCUT2D eigenvalue weighted by molar-refractivity contribution is 7.97. The van der Waals surface area contributed by atoms with E-state index in [4.69, 9.17) is 5.73 Å². The van der Waals surface area contributed by atoms with Gasteiger partial charge in [0.05, 0.1) is 11.3 Å². The summed E-state index contributed by atoms with van der Waals surface area (Å²) in [5, 5.41) is 32.2. The number of carbonyl (C=O) groups is 3. The molecule has 0 spiro atoms. The van der Waals surface area contributed by atoms with Crippen molar-refractivity contribution >= 4 is 35.4 Å². The fraction of sp³-hybridized carbons (Fsp3) is 0.167. The van der Waals surface area contributed by atoms with Crippen LogP contribution in [0.2, 0.25) is 0 Å². The lowest BCUT2D eigenvalue weighted by Crippen LogP contribution is -2.46. The highest BCUT2D eigenvalue weighted by Crippen LogP contribution is 2.27. The van der Waals surface area contributed by atoms with Gasteiger partial charge >= 0.3 is 5.97 Å². The quantitative estimate of drug-likeness (QED) is 0.207. The number of phenols is 1. The van der Waals surface area contributed by atoms with E-state index in [2.05, 4.69) is 10.0 Å². The van der Waals surface area contributed by atoms with Crippen LogP contribution in [-0.4, -0.2) is 39.0 Å². The monoisotopic (exact) mass is 434 g/mol. The second-order valence-corrected chi connectivity index (χ2v) is 6.92. The number of nitro groups is 1. The van der Waals surface area contributed by atoms with Crippen molar-refractivity contribution < 1.29 is 29.5 Å². The fourth-order valence-electron chi connectivity index (χ4n) is 2.42. The van der Waals surface area contributed by atoms with Crippen LogP contribution in [0.3, 0.4) is 0 Å². The largest absolute Gasteiger partial charge is 0.508 e. The van der Waals surface area contributed by atoms with Gasteiger partial charge in [0.1, 0.15) is 16.7 Å². The molecule has 0 aliphatic heterocycles. The number of aromatic hydroxyl groups is 1. The number of carbonyl (C=O) groups excluding carboxylic acids is 2. The van der Waals surface area contributed by atoms with E-state index in [9.17, 15) is 34.7 Å². The number of para-hydroxylation sites is 1. The van der Waals surface area contributed by atoms with E-state index in [1.54, 1.807) is 6.07 Å². The Morgan fingerprint density at radius 3 is 2.33 bits per heavy atom. The van der Waals surface area contributed by atoms with Crippen molar-refractivity contribution in [1.82, 2.24) is 10.0 Å². The van der Waals surface area contributed by atoms with Crippen LogP contribution in [0.1, 0.15) is 18.0 Å². The van der Waals surface area contributed by atoms with E-state index in [0.717, 1.165) is 11.9 Å². The molecule has 0 aromatic heterocycles. The lowest BCUT2D eigenvalue weighted by Gasteiger charge is -2.20. The second-order valence-electron chi connectivity index (χ2n) is 6.04. The van der Waals surface area contributed by atoms with Crippen LogP contribution in [0.15, 0.2) is 53.4 Å². The highest BCUT2D eigenvalue weighted by atomic mass is 32.2. The second kappa shape index (κ2) is 10.2. The number of primary amides is 1. The lowest BCUT2D eigenvalue weighted by atomic mass is 10.1. The summed E-state index contributed by atoms with van der Waals surface area (Å²) in [6.45, 7) is 0. The molecule has 0 saturated carbocycles. The molecule has 2 rings (SSSR count). The molecule has 2 atom stereocenters. The minimum Gasteiger partial charge on any atom is -0.508 e. The molecule has 11 nitrogen and oxygen atoms in total. The van der Waals surface area contributed by atoms with Gasteiger partial charge in [-0.05, 0) is 35.7 Å². The predicted molar refractivity (Wildman–Crippen MR) is 106 cm³/mol. The first-order valence-electron chi connectivity index (χ1n) is 8.45. The first kappa shape index (κ1) is 22.6. The van der Waals surface area contributed by atoms with Crippen LogP contribution in [0.5, 0.6) is 5.75 Å². The lowest BCUT2D eigenvalue weighted by molar-refractivity contribution is -0.387. The highest BCUT2D eigenvalue weighted by Gasteiger charge is 2.28. The number of carboxylic acid groups (broad SMARTS) is 1. The third-order valence-corrected chi connectivity index (χ3v) is 4.82. The molecule has 6 N–H and O–H groups in total. The molecular weight excluding hydrogens is 416 g/mol. The van der Waals surface area contributed by atoms with Crippen LogP contribution in [0.4, 0.5) is 5.69 Å². The van der Waals surface area contributed by atoms with Gasteiger partial charge in [-0.2, -0.15) is 0 Å². The van der Waals surface area contributed by atoms with Gasteiger partial charge in [0.25, 0.3) is 5.69 Å². The van der Waals surface area contributed by atoms with Crippen LogP contribution in [-0.2, 0) is 14.4 Å². The van der Waals surface area contributed by atoms with E-state index in [1.165, 1.54) is 42.5 Å². The van der Waals surface area contributed by atoms with Gasteiger partial charge in [-0.25, -0.2) is 9.52 Å². The SMILES string of the molecule is NC(=O)CC(NSc1ccccc1[N+](=O)[O-])C(=O)NC(C(=O)O)c1ccc(O)cc1. The molecule has 30 heavy (non-hydrogen) atoms. The van der Waals surface area contributed by atoms with Gasteiger partial charge in [0.2, 0.25) is 11.8 Å². The van der Waals surface area contributed by atoms with E-state index in [0.29, 0.717) is 0 Å². The Labute approximate surface area is 174 Å². The number of rotatable bonds is 10. The standard InChI is InChI=1S/C18H18N4O7S/c19-15(24)9-12(21-30-14-4-2-1-3-13(14)22(28)29)17(25)20-16(18(26)27)10-5-7-11(23)8-6-10/h1-8,12,16,21,23H,9H2,(H2,19,24)(H,20,25)(H,26,27). The Balaban J connectivity index is 2.18. The summed E-state index contributed by atoms with van der Waals surface area (Å²) in [6, 6.07) is 8.24. The van der Waals surface area contributed by atoms with Crippen LogP contribution in [0, 0.1) is 10.1 Å². The molecule has 158 valence electrons. The molecule has 0 aliphatic carbocycles. The Bertz CT molecular complexity index is 952. The number of nitrogens with one attached hydrogen (secondary N) is 2. The van der Waals surface area contributed by atoms with Crippen molar-refractivity contribution in [2.75, 3.05) is 0 Å². The van der Waals surface area contributed by atoms with Crippen molar-refractivity contribution in [3.8, 4) is 5.75 Å². The van der Waals surface area contributed by atoms with Gasteiger partial charge in [0, 0.05) is 6.07 Å². The number of amides is 2. The van der Waals surface area contributed by atoms with E-state index >= 15 is 0 Å².